The van der Waals surface area contributed by atoms with Crippen molar-refractivity contribution in [1.82, 2.24) is 0 Å². The number of aryl methyl sites for hydroxylation is 1. The van der Waals surface area contributed by atoms with Gasteiger partial charge in [-0.05, 0) is 24.6 Å². The molecule has 0 aliphatic rings. The first-order chi connectivity index (χ1) is 7.46. The van der Waals surface area contributed by atoms with Crippen molar-refractivity contribution in [3.8, 4) is 11.5 Å². The Morgan fingerprint density at radius 2 is 1.69 bits per heavy atom. The highest BCUT2D eigenvalue weighted by Gasteiger charge is 2.24. The summed E-state index contributed by atoms with van der Waals surface area (Å²) < 4.78 is 10.7. The molecule has 0 spiro atoms. The minimum absolute atomic E-state index is 0.119. The van der Waals surface area contributed by atoms with Crippen LogP contribution in [0.25, 0.3) is 0 Å². The second-order valence-corrected chi connectivity index (χ2v) is 4.61. The van der Waals surface area contributed by atoms with E-state index in [0.29, 0.717) is 6.54 Å². The second-order valence-electron chi connectivity index (χ2n) is 4.61. The van der Waals surface area contributed by atoms with Crippen molar-refractivity contribution < 1.29 is 9.47 Å². The number of ether oxygens (including phenoxy) is 2. The van der Waals surface area contributed by atoms with E-state index in [0.717, 1.165) is 22.6 Å². The molecule has 3 nitrogen and oxygen atoms in total. The highest BCUT2D eigenvalue weighted by molar-refractivity contribution is 5.49. The Balaban J connectivity index is 3.36. The molecule has 0 unspecified atom stereocenters. The van der Waals surface area contributed by atoms with E-state index in [2.05, 4.69) is 13.8 Å². The van der Waals surface area contributed by atoms with Crippen LogP contribution in [0.2, 0.25) is 0 Å². The van der Waals surface area contributed by atoms with Crippen LogP contribution in [0, 0.1) is 6.92 Å². The molecule has 0 saturated carbocycles. The van der Waals surface area contributed by atoms with Crippen LogP contribution in [0.4, 0.5) is 0 Å². The third-order valence-corrected chi connectivity index (χ3v) is 2.96. The predicted molar refractivity (Wildman–Crippen MR) is 66.4 cm³/mol. The van der Waals surface area contributed by atoms with Gasteiger partial charge in [-0.15, -0.1) is 0 Å². The summed E-state index contributed by atoms with van der Waals surface area (Å²) in [7, 11) is 3.35. The maximum absolute atomic E-state index is 5.80. The molecule has 2 N–H and O–H groups in total. The molecule has 90 valence electrons. The van der Waals surface area contributed by atoms with Crippen LogP contribution < -0.4 is 15.2 Å². The SMILES string of the molecule is COc1cc(C(C)(C)CN)c(OC)cc1C. The molecule has 1 aromatic carbocycles. The number of benzene rings is 1. The molecular formula is C13H21NO2. The molecule has 0 saturated heterocycles. The molecular weight excluding hydrogens is 202 g/mol. The Labute approximate surface area is 97.6 Å². The Morgan fingerprint density at radius 3 is 2.12 bits per heavy atom. The van der Waals surface area contributed by atoms with Gasteiger partial charge < -0.3 is 15.2 Å². The number of nitrogens with two attached hydrogens (primary N) is 1. The topological polar surface area (TPSA) is 44.5 Å². The Morgan fingerprint density at radius 1 is 1.12 bits per heavy atom. The molecule has 1 aromatic rings. The highest BCUT2D eigenvalue weighted by atomic mass is 16.5. The van der Waals surface area contributed by atoms with Gasteiger partial charge in [0, 0.05) is 17.5 Å². The predicted octanol–water partition coefficient (Wildman–Crippen LogP) is 2.25. The standard InChI is InChI=1S/C13H21NO2/c1-9-6-12(16-5)10(7-11(9)15-4)13(2,3)8-14/h6-7H,8,14H2,1-5H3. The average molecular weight is 223 g/mol. The third-order valence-electron chi connectivity index (χ3n) is 2.96. The van der Waals surface area contributed by atoms with Gasteiger partial charge in [0.25, 0.3) is 0 Å². The van der Waals surface area contributed by atoms with Crippen LogP contribution in [0.15, 0.2) is 12.1 Å². The lowest BCUT2D eigenvalue weighted by Gasteiger charge is -2.26. The Bertz CT molecular complexity index is 372. The lowest BCUT2D eigenvalue weighted by Crippen LogP contribution is -2.28. The third kappa shape index (κ3) is 2.30. The minimum Gasteiger partial charge on any atom is -0.496 e. The number of rotatable bonds is 4. The fraction of sp³-hybridized carbons (Fsp3) is 0.538. The molecule has 0 aromatic heterocycles. The van der Waals surface area contributed by atoms with Gasteiger partial charge in [-0.2, -0.15) is 0 Å². The van der Waals surface area contributed by atoms with Crippen molar-refractivity contribution >= 4 is 0 Å². The molecule has 0 radical (unpaired) electrons. The maximum Gasteiger partial charge on any atom is 0.123 e. The van der Waals surface area contributed by atoms with E-state index in [4.69, 9.17) is 15.2 Å². The van der Waals surface area contributed by atoms with Crippen molar-refractivity contribution in [2.24, 2.45) is 5.73 Å². The summed E-state index contributed by atoms with van der Waals surface area (Å²) in [6, 6.07) is 4.01. The van der Waals surface area contributed by atoms with Crippen molar-refractivity contribution in [1.29, 1.82) is 0 Å². The molecule has 3 heteroatoms. The lowest BCUT2D eigenvalue weighted by molar-refractivity contribution is 0.382. The summed E-state index contributed by atoms with van der Waals surface area (Å²) in [4.78, 5) is 0. The zero-order valence-corrected chi connectivity index (χ0v) is 10.8. The summed E-state index contributed by atoms with van der Waals surface area (Å²) in [6.45, 7) is 6.76. The van der Waals surface area contributed by atoms with Gasteiger partial charge in [-0.25, -0.2) is 0 Å². The molecule has 0 bridgehead atoms. The van der Waals surface area contributed by atoms with Crippen LogP contribution >= 0.6 is 0 Å². The first kappa shape index (κ1) is 12.8. The van der Waals surface area contributed by atoms with Gasteiger partial charge >= 0.3 is 0 Å². The van der Waals surface area contributed by atoms with Crippen molar-refractivity contribution in [3.05, 3.63) is 23.3 Å². The van der Waals surface area contributed by atoms with E-state index < -0.39 is 0 Å². The number of hydrogen-bond donors (Lipinski definition) is 1. The van der Waals surface area contributed by atoms with Gasteiger partial charge in [0.05, 0.1) is 14.2 Å². The van der Waals surface area contributed by atoms with Crippen molar-refractivity contribution in [3.63, 3.8) is 0 Å². The van der Waals surface area contributed by atoms with Crippen LogP contribution in [-0.2, 0) is 5.41 Å². The minimum atomic E-state index is -0.119. The molecule has 0 heterocycles. The van der Waals surface area contributed by atoms with Crippen LogP contribution in [-0.4, -0.2) is 20.8 Å². The quantitative estimate of drug-likeness (QED) is 0.851. The van der Waals surface area contributed by atoms with Gasteiger partial charge in [0.2, 0.25) is 0 Å². The molecule has 16 heavy (non-hydrogen) atoms. The zero-order chi connectivity index (χ0) is 12.3. The van der Waals surface area contributed by atoms with Crippen LogP contribution in [0.3, 0.4) is 0 Å². The number of hydrogen-bond acceptors (Lipinski definition) is 3. The van der Waals surface area contributed by atoms with Crippen LogP contribution in [0.1, 0.15) is 25.0 Å². The summed E-state index contributed by atoms with van der Waals surface area (Å²) in [5.41, 5.74) is 7.83. The smallest absolute Gasteiger partial charge is 0.123 e. The first-order valence-electron chi connectivity index (χ1n) is 5.39. The summed E-state index contributed by atoms with van der Waals surface area (Å²) in [5, 5.41) is 0. The maximum atomic E-state index is 5.80. The molecule has 0 atom stereocenters. The Kier molecular flexibility index (Phi) is 3.81. The fourth-order valence-electron chi connectivity index (χ4n) is 1.69. The zero-order valence-electron chi connectivity index (χ0n) is 10.8. The van der Waals surface area contributed by atoms with E-state index in [9.17, 15) is 0 Å². The molecule has 0 aliphatic carbocycles. The highest BCUT2D eigenvalue weighted by Crippen LogP contribution is 2.35. The molecule has 0 aliphatic heterocycles. The molecule has 0 fully saturated rings. The average Bonchev–Trinajstić information content (AvgIpc) is 2.28. The monoisotopic (exact) mass is 223 g/mol. The summed E-state index contributed by atoms with van der Waals surface area (Å²) in [5.74, 6) is 1.74. The normalized spacial score (nSPS) is 11.4. The van der Waals surface area contributed by atoms with Crippen molar-refractivity contribution in [2.75, 3.05) is 20.8 Å². The van der Waals surface area contributed by atoms with Gasteiger partial charge in [-0.3, -0.25) is 0 Å². The van der Waals surface area contributed by atoms with E-state index in [1.807, 2.05) is 19.1 Å². The first-order valence-corrected chi connectivity index (χ1v) is 5.39. The second kappa shape index (κ2) is 4.74. The molecule has 1 rings (SSSR count). The van der Waals surface area contributed by atoms with E-state index in [1.54, 1.807) is 14.2 Å². The van der Waals surface area contributed by atoms with E-state index in [-0.39, 0.29) is 5.41 Å². The summed E-state index contributed by atoms with van der Waals surface area (Å²) >= 11 is 0. The fourth-order valence-corrected chi connectivity index (χ4v) is 1.69. The summed E-state index contributed by atoms with van der Waals surface area (Å²) in [6.07, 6.45) is 0. The largest absolute Gasteiger partial charge is 0.496 e. The van der Waals surface area contributed by atoms with E-state index >= 15 is 0 Å². The molecule has 0 amide bonds. The van der Waals surface area contributed by atoms with Gasteiger partial charge in [0.15, 0.2) is 0 Å². The lowest BCUT2D eigenvalue weighted by atomic mass is 9.83. The Hall–Kier alpha value is -1.22. The van der Waals surface area contributed by atoms with Crippen molar-refractivity contribution in [2.45, 2.75) is 26.2 Å². The van der Waals surface area contributed by atoms with Crippen LogP contribution in [0.5, 0.6) is 11.5 Å². The van der Waals surface area contributed by atoms with Gasteiger partial charge in [-0.1, -0.05) is 13.8 Å². The number of methoxy groups -OCH3 is 2. The van der Waals surface area contributed by atoms with Gasteiger partial charge in [0.1, 0.15) is 11.5 Å². The van der Waals surface area contributed by atoms with E-state index in [1.165, 1.54) is 0 Å².